The Morgan fingerprint density at radius 2 is 1.65 bits per heavy atom. The minimum Gasteiger partial charge on any atom is -0.375 e. The smallest absolute Gasteiger partial charge is 0.375 e. The summed E-state index contributed by atoms with van der Waals surface area (Å²) in [5.41, 5.74) is 0. The van der Waals surface area contributed by atoms with Crippen LogP contribution in [0.3, 0.4) is 0 Å². The average Bonchev–Trinajstić information content (AvgIpc) is 3.32. The monoisotopic (exact) mass is 338 g/mol. The van der Waals surface area contributed by atoms with Crippen LogP contribution in [0.15, 0.2) is 0 Å². The van der Waals surface area contributed by atoms with Gasteiger partial charge in [0, 0.05) is 32.2 Å². The Hall–Kier alpha value is -0.370. The van der Waals surface area contributed by atoms with Crippen LogP contribution in [0, 0.1) is 5.92 Å². The molecule has 1 aliphatic carbocycles. The topological polar surface area (TPSA) is 24.9 Å². The van der Waals surface area contributed by atoms with Crippen molar-refractivity contribution in [2.45, 2.75) is 51.1 Å². The molecule has 0 aromatic rings. The maximum Gasteiger partial charge on any atom is 0.415 e. The maximum absolute atomic E-state index is 12.2. The van der Waals surface area contributed by atoms with E-state index in [1.165, 1.54) is 12.8 Å². The quantitative estimate of drug-likeness (QED) is 0.772. The fourth-order valence-corrected chi connectivity index (χ4v) is 2.90. The average molecular weight is 338 g/mol. The second kappa shape index (κ2) is 8.14. The highest BCUT2D eigenvalue weighted by atomic mass is 19.4. The summed E-state index contributed by atoms with van der Waals surface area (Å²) in [4.78, 5) is 4.15. The fraction of sp³-hybridized carbons (Fsp3) is 1.00. The minimum atomic E-state index is -4.23. The zero-order valence-corrected chi connectivity index (χ0v) is 14.3. The van der Waals surface area contributed by atoms with Crippen LogP contribution in [0.2, 0.25) is 0 Å². The van der Waals surface area contributed by atoms with Gasteiger partial charge in [0.25, 0.3) is 0 Å². The first-order chi connectivity index (χ1) is 10.8. The summed E-state index contributed by atoms with van der Waals surface area (Å²) in [6.07, 6.45) is -2.47. The second-order valence-electron chi connectivity index (χ2n) is 7.00. The van der Waals surface area contributed by atoms with E-state index in [9.17, 15) is 13.2 Å². The molecule has 2 heterocycles. The Bertz CT molecular complexity index is 362. The van der Waals surface area contributed by atoms with E-state index in [0.717, 1.165) is 25.6 Å². The molecular weight excluding hydrogens is 309 g/mol. The first-order valence-corrected chi connectivity index (χ1v) is 8.50. The number of rotatable bonds is 2. The van der Waals surface area contributed by atoms with Crippen LogP contribution in [0.1, 0.15) is 26.7 Å². The zero-order valence-electron chi connectivity index (χ0n) is 14.3. The molecule has 0 radical (unpaired) electrons. The standard InChI is InChI=1S/C8H14F3NO.C8H15NO/c1-6(2)12-3-4-13-7(5-12)8(9,10)11;1-9-4-5-10-8(6-9)7-2-3-7/h6-7H,3-5H2,1-2H3;7-8H,2-6H2,1H3. The van der Waals surface area contributed by atoms with E-state index in [1.807, 2.05) is 13.8 Å². The maximum atomic E-state index is 12.2. The van der Waals surface area contributed by atoms with Crippen molar-refractivity contribution in [3.8, 4) is 0 Å². The predicted molar refractivity (Wildman–Crippen MR) is 82.5 cm³/mol. The Kier molecular flexibility index (Phi) is 6.71. The highest BCUT2D eigenvalue weighted by Crippen LogP contribution is 2.35. The molecule has 4 nitrogen and oxygen atoms in total. The molecule has 0 bridgehead atoms. The summed E-state index contributed by atoms with van der Waals surface area (Å²) in [5.74, 6) is 0.905. The van der Waals surface area contributed by atoms with Crippen molar-refractivity contribution in [3.05, 3.63) is 0 Å². The van der Waals surface area contributed by atoms with Crippen molar-refractivity contribution in [1.29, 1.82) is 0 Å². The molecule has 2 atom stereocenters. The Labute approximate surface area is 136 Å². The number of hydrogen-bond donors (Lipinski definition) is 0. The van der Waals surface area contributed by atoms with Gasteiger partial charge in [0.15, 0.2) is 6.10 Å². The minimum absolute atomic E-state index is 0.0405. The molecular formula is C16H29F3N2O2. The first kappa shape index (κ1) is 19.0. The highest BCUT2D eigenvalue weighted by molar-refractivity contribution is 4.85. The molecule has 0 spiro atoms. The lowest BCUT2D eigenvalue weighted by Gasteiger charge is -2.36. The summed E-state index contributed by atoms with van der Waals surface area (Å²) in [5, 5.41) is 0. The van der Waals surface area contributed by atoms with E-state index in [2.05, 4.69) is 16.7 Å². The lowest BCUT2D eigenvalue weighted by atomic mass is 10.2. The van der Waals surface area contributed by atoms with E-state index in [-0.39, 0.29) is 19.2 Å². The molecule has 2 aliphatic heterocycles. The van der Waals surface area contributed by atoms with Gasteiger partial charge in [0.05, 0.1) is 19.3 Å². The first-order valence-electron chi connectivity index (χ1n) is 8.50. The summed E-state index contributed by atoms with van der Waals surface area (Å²) in [6.45, 7) is 7.71. The third-order valence-corrected chi connectivity index (χ3v) is 4.64. The Balaban J connectivity index is 0.000000172. The van der Waals surface area contributed by atoms with Gasteiger partial charge >= 0.3 is 6.18 Å². The number of hydrogen-bond acceptors (Lipinski definition) is 4. The van der Waals surface area contributed by atoms with E-state index in [1.54, 1.807) is 4.90 Å². The number of halogens is 3. The van der Waals surface area contributed by atoms with Crippen molar-refractivity contribution >= 4 is 0 Å². The number of nitrogens with zero attached hydrogens (tertiary/aromatic N) is 2. The van der Waals surface area contributed by atoms with Gasteiger partial charge < -0.3 is 14.4 Å². The summed E-state index contributed by atoms with van der Waals surface area (Å²) in [7, 11) is 2.18. The van der Waals surface area contributed by atoms with Crippen molar-refractivity contribution in [2.75, 3.05) is 46.4 Å². The summed E-state index contributed by atoms with van der Waals surface area (Å²) < 4.78 is 47.0. The van der Waals surface area contributed by atoms with Crippen molar-refractivity contribution in [2.24, 2.45) is 5.92 Å². The molecule has 2 saturated heterocycles. The third kappa shape index (κ3) is 6.21. The number of likely N-dealkylation sites (N-methyl/N-ethyl adjacent to an activating group) is 1. The van der Waals surface area contributed by atoms with Crippen molar-refractivity contribution in [1.82, 2.24) is 9.80 Å². The molecule has 0 aromatic carbocycles. The normalized spacial score (nSPS) is 30.9. The fourth-order valence-electron chi connectivity index (χ4n) is 2.90. The van der Waals surface area contributed by atoms with Gasteiger partial charge in [-0.05, 0) is 39.7 Å². The van der Waals surface area contributed by atoms with Gasteiger partial charge in [-0.1, -0.05) is 0 Å². The van der Waals surface area contributed by atoms with Crippen molar-refractivity contribution < 1.29 is 22.6 Å². The molecule has 1 saturated carbocycles. The third-order valence-electron chi connectivity index (χ3n) is 4.64. The SMILES string of the molecule is CC(C)N1CCOC(C(F)(F)F)C1.CN1CCOC(C2CC2)C1. The Morgan fingerprint density at radius 3 is 2.17 bits per heavy atom. The van der Waals surface area contributed by atoms with Crippen LogP contribution < -0.4 is 0 Å². The molecule has 2 unspecified atom stereocenters. The van der Waals surface area contributed by atoms with E-state index in [0.29, 0.717) is 12.6 Å². The van der Waals surface area contributed by atoms with Crippen LogP contribution >= 0.6 is 0 Å². The van der Waals surface area contributed by atoms with Gasteiger partial charge in [0.1, 0.15) is 0 Å². The van der Waals surface area contributed by atoms with Gasteiger partial charge in [-0.3, -0.25) is 4.90 Å². The highest BCUT2D eigenvalue weighted by Gasteiger charge is 2.43. The van der Waals surface area contributed by atoms with Gasteiger partial charge in [-0.25, -0.2) is 0 Å². The molecule has 23 heavy (non-hydrogen) atoms. The van der Waals surface area contributed by atoms with Gasteiger partial charge in [0.2, 0.25) is 0 Å². The van der Waals surface area contributed by atoms with Crippen LogP contribution in [0.4, 0.5) is 13.2 Å². The summed E-state index contributed by atoms with van der Waals surface area (Å²) >= 11 is 0. The molecule has 136 valence electrons. The van der Waals surface area contributed by atoms with Crippen LogP contribution in [0.25, 0.3) is 0 Å². The van der Waals surface area contributed by atoms with Gasteiger partial charge in [-0.15, -0.1) is 0 Å². The number of alkyl halides is 3. The van der Waals surface area contributed by atoms with E-state index in [4.69, 9.17) is 4.74 Å². The zero-order chi connectivity index (χ0) is 17.0. The molecule has 0 aromatic heterocycles. The molecule has 7 heteroatoms. The lowest BCUT2D eigenvalue weighted by Crippen LogP contribution is -2.51. The second-order valence-corrected chi connectivity index (χ2v) is 7.00. The van der Waals surface area contributed by atoms with Crippen LogP contribution in [-0.4, -0.2) is 80.7 Å². The van der Waals surface area contributed by atoms with Crippen LogP contribution in [0.5, 0.6) is 0 Å². The lowest BCUT2D eigenvalue weighted by molar-refractivity contribution is -0.238. The molecule has 0 amide bonds. The predicted octanol–water partition coefficient (Wildman–Crippen LogP) is 2.38. The molecule has 3 fully saturated rings. The number of ether oxygens (including phenoxy) is 2. The summed E-state index contributed by atoms with van der Waals surface area (Å²) in [6, 6.07) is 0.147. The van der Waals surface area contributed by atoms with E-state index < -0.39 is 12.3 Å². The largest absolute Gasteiger partial charge is 0.415 e. The van der Waals surface area contributed by atoms with Crippen molar-refractivity contribution in [3.63, 3.8) is 0 Å². The van der Waals surface area contributed by atoms with Crippen LogP contribution in [-0.2, 0) is 9.47 Å². The molecule has 3 aliphatic rings. The molecule has 0 N–H and O–H groups in total. The van der Waals surface area contributed by atoms with E-state index >= 15 is 0 Å². The Morgan fingerprint density at radius 1 is 1.00 bits per heavy atom. The molecule has 3 rings (SSSR count). The number of morpholine rings is 2. The van der Waals surface area contributed by atoms with Gasteiger partial charge in [-0.2, -0.15) is 13.2 Å².